The molecule has 2 aliphatic heterocycles. The number of anilines is 1. The topological polar surface area (TPSA) is 49.9 Å². The van der Waals surface area contributed by atoms with Crippen LogP contribution in [0.1, 0.15) is 18.9 Å². The van der Waals surface area contributed by atoms with Gasteiger partial charge in [0.1, 0.15) is 0 Å². The number of hydrogen-bond donors (Lipinski definition) is 0. The smallest absolute Gasteiger partial charge is 0.232 e. The van der Waals surface area contributed by atoms with Gasteiger partial charge in [0.25, 0.3) is 0 Å². The number of nitrogens with zero attached hydrogens (tertiary/aromatic N) is 2. The maximum atomic E-state index is 12.8. The Bertz CT molecular complexity index is 587. The molecule has 5 heteroatoms. The van der Waals surface area contributed by atoms with Gasteiger partial charge in [-0.2, -0.15) is 0 Å². The van der Waals surface area contributed by atoms with Crippen molar-refractivity contribution in [2.24, 2.45) is 5.92 Å². The third kappa shape index (κ3) is 2.61. The number of carbonyl (C=O) groups is 2. The van der Waals surface area contributed by atoms with Gasteiger partial charge in [-0.15, -0.1) is 0 Å². The van der Waals surface area contributed by atoms with Gasteiger partial charge in [-0.3, -0.25) is 9.59 Å². The first kappa shape index (κ1) is 15.0. The molecule has 1 saturated heterocycles. The third-order valence-electron chi connectivity index (χ3n) is 4.60. The lowest BCUT2D eigenvalue weighted by Crippen LogP contribution is -2.40. The molecule has 0 saturated carbocycles. The van der Waals surface area contributed by atoms with E-state index in [4.69, 9.17) is 4.74 Å². The molecule has 0 bridgehead atoms. The standard InChI is InChI=1S/C17H22N2O3/c1-12(11-22-2)19-10-14(9-16(19)20)17(21)18-8-7-13-5-3-4-6-15(13)18/h3-6,12,14H,7-11H2,1-2H3/t12-,14+/m1/s1. The van der Waals surface area contributed by atoms with Crippen LogP contribution in [0.2, 0.25) is 0 Å². The number of fused-ring (bicyclic) bond motifs is 1. The van der Waals surface area contributed by atoms with Crippen molar-refractivity contribution in [2.75, 3.05) is 31.7 Å². The molecule has 0 spiro atoms. The summed E-state index contributed by atoms with van der Waals surface area (Å²) in [5, 5.41) is 0. The van der Waals surface area contributed by atoms with E-state index in [2.05, 4.69) is 6.07 Å². The van der Waals surface area contributed by atoms with E-state index in [9.17, 15) is 9.59 Å². The molecule has 2 heterocycles. The second-order valence-electron chi connectivity index (χ2n) is 6.12. The zero-order chi connectivity index (χ0) is 15.7. The lowest BCUT2D eigenvalue weighted by Gasteiger charge is -2.25. The molecule has 0 radical (unpaired) electrons. The van der Waals surface area contributed by atoms with Gasteiger partial charge >= 0.3 is 0 Å². The van der Waals surface area contributed by atoms with E-state index < -0.39 is 0 Å². The van der Waals surface area contributed by atoms with Crippen LogP contribution in [-0.2, 0) is 20.7 Å². The average Bonchev–Trinajstić information content (AvgIpc) is 3.10. The quantitative estimate of drug-likeness (QED) is 0.846. The van der Waals surface area contributed by atoms with Crippen molar-refractivity contribution in [3.8, 4) is 0 Å². The van der Waals surface area contributed by atoms with Crippen LogP contribution < -0.4 is 4.90 Å². The van der Waals surface area contributed by atoms with E-state index in [1.54, 1.807) is 12.0 Å². The van der Waals surface area contributed by atoms with Gasteiger partial charge < -0.3 is 14.5 Å². The zero-order valence-corrected chi connectivity index (χ0v) is 13.1. The van der Waals surface area contributed by atoms with Crippen LogP contribution in [0.25, 0.3) is 0 Å². The first-order chi connectivity index (χ1) is 10.6. The number of methoxy groups -OCH3 is 1. The first-order valence-corrected chi connectivity index (χ1v) is 7.79. The second kappa shape index (κ2) is 6.08. The van der Waals surface area contributed by atoms with Crippen LogP contribution >= 0.6 is 0 Å². The molecule has 1 aromatic rings. The number of benzene rings is 1. The summed E-state index contributed by atoms with van der Waals surface area (Å²) in [6.07, 6.45) is 1.21. The van der Waals surface area contributed by atoms with Crippen molar-refractivity contribution in [3.63, 3.8) is 0 Å². The number of hydrogen-bond acceptors (Lipinski definition) is 3. The molecule has 1 aromatic carbocycles. The second-order valence-corrected chi connectivity index (χ2v) is 6.12. The van der Waals surface area contributed by atoms with E-state index in [1.807, 2.05) is 30.0 Å². The predicted molar refractivity (Wildman–Crippen MR) is 83.7 cm³/mol. The number of carbonyl (C=O) groups excluding carboxylic acids is 2. The Balaban J connectivity index is 1.71. The van der Waals surface area contributed by atoms with E-state index >= 15 is 0 Å². The highest BCUT2D eigenvalue weighted by Gasteiger charge is 2.39. The Morgan fingerprint density at radius 1 is 1.41 bits per heavy atom. The van der Waals surface area contributed by atoms with E-state index in [0.717, 1.165) is 18.7 Å². The highest BCUT2D eigenvalue weighted by Crippen LogP contribution is 2.31. The lowest BCUT2D eigenvalue weighted by molar-refractivity contribution is -0.130. The SMILES string of the molecule is COC[C@@H](C)N1C[C@@H](C(=O)N2CCc3ccccc32)CC1=O. The fourth-order valence-corrected chi connectivity index (χ4v) is 3.44. The molecule has 0 aliphatic carbocycles. The fourth-order valence-electron chi connectivity index (χ4n) is 3.44. The van der Waals surface area contributed by atoms with Crippen molar-refractivity contribution in [3.05, 3.63) is 29.8 Å². The minimum atomic E-state index is -0.238. The Labute approximate surface area is 130 Å². The van der Waals surface area contributed by atoms with Crippen molar-refractivity contribution >= 4 is 17.5 Å². The molecule has 118 valence electrons. The van der Waals surface area contributed by atoms with Crippen LogP contribution in [0.3, 0.4) is 0 Å². The largest absolute Gasteiger partial charge is 0.383 e. The number of amides is 2. The molecule has 5 nitrogen and oxygen atoms in total. The van der Waals surface area contributed by atoms with Crippen LogP contribution in [0.5, 0.6) is 0 Å². The van der Waals surface area contributed by atoms with Crippen LogP contribution in [-0.4, -0.2) is 49.6 Å². The Morgan fingerprint density at radius 2 is 2.18 bits per heavy atom. The van der Waals surface area contributed by atoms with Crippen molar-refractivity contribution in [2.45, 2.75) is 25.8 Å². The molecule has 0 aromatic heterocycles. The van der Waals surface area contributed by atoms with Crippen LogP contribution in [0, 0.1) is 5.92 Å². The molecule has 0 unspecified atom stereocenters. The molecule has 0 N–H and O–H groups in total. The summed E-state index contributed by atoms with van der Waals surface area (Å²) < 4.78 is 5.12. The number of rotatable bonds is 4. The summed E-state index contributed by atoms with van der Waals surface area (Å²) in [6, 6.07) is 8.02. The molecular weight excluding hydrogens is 280 g/mol. The summed E-state index contributed by atoms with van der Waals surface area (Å²) in [4.78, 5) is 28.6. The molecule has 2 amide bonds. The Morgan fingerprint density at radius 3 is 2.95 bits per heavy atom. The zero-order valence-electron chi connectivity index (χ0n) is 13.1. The first-order valence-electron chi connectivity index (χ1n) is 7.79. The highest BCUT2D eigenvalue weighted by molar-refractivity contribution is 6.00. The molecule has 3 rings (SSSR count). The minimum Gasteiger partial charge on any atom is -0.383 e. The van der Waals surface area contributed by atoms with E-state index in [0.29, 0.717) is 19.6 Å². The van der Waals surface area contributed by atoms with Gasteiger partial charge in [0.2, 0.25) is 11.8 Å². The summed E-state index contributed by atoms with van der Waals surface area (Å²) in [5.74, 6) is -0.112. The Kier molecular flexibility index (Phi) is 4.16. The molecule has 2 atom stereocenters. The van der Waals surface area contributed by atoms with Gasteiger partial charge in [-0.25, -0.2) is 0 Å². The fraction of sp³-hybridized carbons (Fsp3) is 0.529. The van der Waals surface area contributed by atoms with Gasteiger partial charge in [0.15, 0.2) is 0 Å². The molecular formula is C17H22N2O3. The van der Waals surface area contributed by atoms with Gasteiger partial charge in [0.05, 0.1) is 18.6 Å². The predicted octanol–water partition coefficient (Wildman–Crippen LogP) is 1.46. The maximum absolute atomic E-state index is 12.8. The summed E-state index contributed by atoms with van der Waals surface area (Å²) in [6.45, 7) is 3.68. The highest BCUT2D eigenvalue weighted by atomic mass is 16.5. The lowest BCUT2D eigenvalue weighted by atomic mass is 10.1. The van der Waals surface area contributed by atoms with Crippen molar-refractivity contribution < 1.29 is 14.3 Å². The molecule has 2 aliphatic rings. The van der Waals surface area contributed by atoms with Gasteiger partial charge in [-0.05, 0) is 25.0 Å². The number of ether oxygens (including phenoxy) is 1. The van der Waals surface area contributed by atoms with E-state index in [1.165, 1.54) is 5.56 Å². The van der Waals surface area contributed by atoms with Gasteiger partial charge in [-0.1, -0.05) is 18.2 Å². The molecule has 22 heavy (non-hydrogen) atoms. The minimum absolute atomic E-state index is 0.0150. The van der Waals surface area contributed by atoms with Crippen LogP contribution in [0.15, 0.2) is 24.3 Å². The van der Waals surface area contributed by atoms with Crippen LogP contribution in [0.4, 0.5) is 5.69 Å². The third-order valence-corrected chi connectivity index (χ3v) is 4.60. The Hall–Kier alpha value is -1.88. The monoisotopic (exact) mass is 302 g/mol. The van der Waals surface area contributed by atoms with Crippen molar-refractivity contribution in [1.82, 2.24) is 4.90 Å². The maximum Gasteiger partial charge on any atom is 0.232 e. The van der Waals surface area contributed by atoms with Gasteiger partial charge in [0, 0.05) is 32.3 Å². The summed E-state index contributed by atoms with van der Waals surface area (Å²) >= 11 is 0. The average molecular weight is 302 g/mol. The van der Waals surface area contributed by atoms with Crippen molar-refractivity contribution in [1.29, 1.82) is 0 Å². The summed E-state index contributed by atoms with van der Waals surface area (Å²) in [5.41, 5.74) is 2.22. The summed E-state index contributed by atoms with van der Waals surface area (Å²) in [7, 11) is 1.63. The number of para-hydroxylation sites is 1. The number of likely N-dealkylation sites (tertiary alicyclic amines) is 1. The molecule has 1 fully saturated rings. The van der Waals surface area contributed by atoms with E-state index in [-0.39, 0.29) is 23.8 Å². The normalized spacial score (nSPS) is 22.1.